The van der Waals surface area contributed by atoms with Gasteiger partial charge in [0.2, 0.25) is 0 Å². The molecule has 0 N–H and O–H groups in total. The zero-order chi connectivity index (χ0) is 35.5. The maximum absolute atomic E-state index is 5.44. The molecule has 5 aromatic carbocycles. The summed E-state index contributed by atoms with van der Waals surface area (Å²) in [4.78, 5) is 0. The second-order valence-electron chi connectivity index (χ2n) is 12.8. The van der Waals surface area contributed by atoms with Crippen LogP contribution in [0.25, 0.3) is 28.2 Å². The van der Waals surface area contributed by atoms with E-state index in [2.05, 4.69) is 139 Å². The van der Waals surface area contributed by atoms with E-state index in [9.17, 15) is 0 Å². The summed E-state index contributed by atoms with van der Waals surface area (Å²) in [5, 5.41) is 23.4. The van der Waals surface area contributed by atoms with Crippen LogP contribution in [-0.2, 0) is 36.3 Å². The smallest absolute Gasteiger partial charge is 0.184 e. The lowest BCUT2D eigenvalue weighted by Crippen LogP contribution is -2.39. The molecule has 0 unspecified atom stereocenters. The molecule has 0 aliphatic carbocycles. The van der Waals surface area contributed by atoms with Gasteiger partial charge in [-0.25, -0.2) is 4.68 Å². The molecule has 0 aliphatic heterocycles. The van der Waals surface area contributed by atoms with Crippen LogP contribution in [0.15, 0.2) is 140 Å². The molecule has 0 spiro atoms. The molecular formula is C43H40N8O. The molecule has 9 heteroatoms. The lowest BCUT2D eigenvalue weighted by molar-refractivity contribution is 0.180. The normalized spacial score (nSPS) is 11.8. The van der Waals surface area contributed by atoms with Gasteiger partial charge in [0.05, 0.1) is 18.8 Å². The monoisotopic (exact) mass is 684 g/mol. The van der Waals surface area contributed by atoms with Crippen molar-refractivity contribution < 1.29 is 4.74 Å². The van der Waals surface area contributed by atoms with E-state index in [1.807, 2.05) is 28.9 Å². The fourth-order valence-corrected chi connectivity index (χ4v) is 7.53. The first kappa shape index (κ1) is 33.0. The minimum absolute atomic E-state index is 0.467. The average molecular weight is 685 g/mol. The van der Waals surface area contributed by atoms with E-state index in [1.165, 1.54) is 11.1 Å². The second-order valence-corrected chi connectivity index (χ2v) is 12.8. The predicted octanol–water partition coefficient (Wildman–Crippen LogP) is 8.01. The van der Waals surface area contributed by atoms with E-state index in [-0.39, 0.29) is 0 Å². The number of hydrogen-bond donors (Lipinski definition) is 0. The second kappa shape index (κ2) is 14.2. The molecule has 0 radical (unpaired) electrons. The zero-order valence-corrected chi connectivity index (χ0v) is 29.6. The van der Waals surface area contributed by atoms with Crippen LogP contribution in [0.2, 0.25) is 0 Å². The van der Waals surface area contributed by atoms with Gasteiger partial charge in [0.15, 0.2) is 11.5 Å². The van der Waals surface area contributed by atoms with Gasteiger partial charge >= 0.3 is 0 Å². The topological polar surface area (TPSA) is 87.9 Å². The van der Waals surface area contributed by atoms with E-state index >= 15 is 0 Å². The highest BCUT2D eigenvalue weighted by Crippen LogP contribution is 2.43. The van der Waals surface area contributed by atoms with Crippen molar-refractivity contribution >= 4 is 5.65 Å². The summed E-state index contributed by atoms with van der Waals surface area (Å²) in [7, 11) is 1.70. The van der Waals surface area contributed by atoms with Gasteiger partial charge in [-0.15, -0.1) is 14.8 Å². The molecule has 0 amide bonds. The van der Waals surface area contributed by atoms with Crippen LogP contribution in [-0.4, -0.2) is 46.7 Å². The number of ether oxygens (including phenoxy) is 1. The van der Waals surface area contributed by atoms with Crippen LogP contribution in [0, 0.1) is 0 Å². The van der Waals surface area contributed by atoms with Gasteiger partial charge in [0, 0.05) is 24.7 Å². The van der Waals surface area contributed by atoms with Gasteiger partial charge in [-0.05, 0) is 50.2 Å². The van der Waals surface area contributed by atoms with E-state index in [0.29, 0.717) is 19.0 Å². The molecule has 8 rings (SSSR count). The lowest BCUT2D eigenvalue weighted by atomic mass is 9.77. The Kier molecular flexibility index (Phi) is 9.01. The molecule has 0 atom stereocenters. The molecule has 9 nitrogen and oxygen atoms in total. The number of nitrogens with zero attached hydrogens (tertiary/aromatic N) is 8. The minimum atomic E-state index is -0.846. The largest absolute Gasteiger partial charge is 0.378 e. The van der Waals surface area contributed by atoms with Crippen molar-refractivity contribution in [3.8, 4) is 22.5 Å². The number of benzene rings is 5. The minimum Gasteiger partial charge on any atom is -0.378 e. The standard InChI is InChI=1S/C43H40N8O/c1-4-36-39(30-52-3)45-51-42(36)49(40(5-2)46-51)29-31-25-27-32(28-26-31)37-23-15-16-24-38(37)41-44-47-48-50(41)43(33-17-9-6-10-18-33,34-19-11-7-12-20-34)35-21-13-8-14-22-35/h6-28H,4-5,29-30H2,1-3H3. The Balaban J connectivity index is 1.23. The Morgan fingerprint density at radius 2 is 1.21 bits per heavy atom. The molecule has 258 valence electrons. The Hall–Kier alpha value is -6.19. The van der Waals surface area contributed by atoms with Crippen LogP contribution in [0.5, 0.6) is 0 Å². The molecule has 52 heavy (non-hydrogen) atoms. The van der Waals surface area contributed by atoms with Crippen LogP contribution < -0.4 is 0 Å². The van der Waals surface area contributed by atoms with Crippen molar-refractivity contribution in [2.75, 3.05) is 7.11 Å². The molecule has 8 aromatic rings. The van der Waals surface area contributed by atoms with Crippen molar-refractivity contribution in [1.29, 1.82) is 0 Å². The van der Waals surface area contributed by atoms with E-state index in [0.717, 1.165) is 63.4 Å². The van der Waals surface area contributed by atoms with Gasteiger partial charge in [0.25, 0.3) is 0 Å². The zero-order valence-electron chi connectivity index (χ0n) is 29.6. The Morgan fingerprint density at radius 3 is 1.77 bits per heavy atom. The van der Waals surface area contributed by atoms with Crippen molar-refractivity contribution in [2.24, 2.45) is 0 Å². The number of hydrogen-bond acceptors (Lipinski definition) is 6. The third-order valence-electron chi connectivity index (χ3n) is 9.89. The van der Waals surface area contributed by atoms with Crippen LogP contribution in [0.1, 0.15) is 53.2 Å². The molecule has 0 saturated heterocycles. The molecular weight excluding hydrogens is 645 g/mol. The summed E-state index contributed by atoms with van der Waals surface area (Å²) in [6.45, 7) is 5.45. The average Bonchev–Trinajstić information content (AvgIpc) is 3.92. The third-order valence-corrected chi connectivity index (χ3v) is 9.89. The first-order chi connectivity index (χ1) is 25.7. The fraction of sp³-hybridized carbons (Fsp3) is 0.186. The number of tetrazole rings is 1. The highest BCUT2D eigenvalue weighted by molar-refractivity contribution is 5.81. The Morgan fingerprint density at radius 1 is 0.635 bits per heavy atom. The Labute approximate surface area is 303 Å². The highest BCUT2D eigenvalue weighted by atomic mass is 16.5. The molecule has 3 heterocycles. The summed E-state index contributed by atoms with van der Waals surface area (Å²) in [5.74, 6) is 1.67. The highest BCUT2D eigenvalue weighted by Gasteiger charge is 2.42. The van der Waals surface area contributed by atoms with Crippen molar-refractivity contribution in [3.63, 3.8) is 0 Å². The molecule has 0 saturated carbocycles. The summed E-state index contributed by atoms with van der Waals surface area (Å²) in [6.07, 6.45) is 1.66. The summed E-state index contributed by atoms with van der Waals surface area (Å²) in [5.41, 5.74) is 9.70. The predicted molar refractivity (Wildman–Crippen MR) is 203 cm³/mol. The van der Waals surface area contributed by atoms with Gasteiger partial charge in [-0.1, -0.05) is 153 Å². The number of aryl methyl sites for hydroxylation is 2. The molecule has 0 bridgehead atoms. The molecule has 0 fully saturated rings. The first-order valence-corrected chi connectivity index (χ1v) is 17.8. The van der Waals surface area contributed by atoms with Crippen LogP contribution >= 0.6 is 0 Å². The number of methoxy groups -OCH3 is 1. The van der Waals surface area contributed by atoms with Crippen LogP contribution in [0.3, 0.4) is 0 Å². The third kappa shape index (κ3) is 5.59. The summed E-state index contributed by atoms with van der Waals surface area (Å²) >= 11 is 0. The maximum Gasteiger partial charge on any atom is 0.184 e. The van der Waals surface area contributed by atoms with Gasteiger partial charge < -0.3 is 9.30 Å². The first-order valence-electron chi connectivity index (χ1n) is 17.8. The Bertz CT molecular complexity index is 2320. The van der Waals surface area contributed by atoms with E-state index in [1.54, 1.807) is 11.7 Å². The number of rotatable bonds is 12. The van der Waals surface area contributed by atoms with Crippen molar-refractivity contribution in [2.45, 2.75) is 45.4 Å². The fourth-order valence-electron chi connectivity index (χ4n) is 7.53. The quantitative estimate of drug-likeness (QED) is 0.121. The van der Waals surface area contributed by atoms with Crippen LogP contribution in [0.4, 0.5) is 0 Å². The van der Waals surface area contributed by atoms with Gasteiger partial charge in [-0.2, -0.15) is 5.10 Å². The van der Waals surface area contributed by atoms with E-state index in [4.69, 9.17) is 25.2 Å². The maximum atomic E-state index is 5.44. The summed E-state index contributed by atoms with van der Waals surface area (Å²) in [6, 6.07) is 48.6. The number of fused-ring (bicyclic) bond motifs is 1. The lowest BCUT2D eigenvalue weighted by Gasteiger charge is -2.36. The van der Waals surface area contributed by atoms with Crippen molar-refractivity contribution in [3.05, 3.63) is 179 Å². The molecule has 3 aromatic heterocycles. The molecule has 0 aliphatic rings. The SMILES string of the molecule is CCc1c(COC)nn2nc(CC)n(Cc3ccc(-c4ccccc4-c4nnnn4C(c4ccccc4)(c4ccccc4)c4ccccc4)cc3)c12. The van der Waals surface area contributed by atoms with Crippen molar-refractivity contribution in [1.82, 2.24) is 39.6 Å². The summed E-state index contributed by atoms with van der Waals surface area (Å²) < 4.78 is 11.5. The van der Waals surface area contributed by atoms with Gasteiger partial charge in [-0.3, -0.25) is 0 Å². The number of aromatic nitrogens is 8. The van der Waals surface area contributed by atoms with Gasteiger partial charge in [0.1, 0.15) is 11.4 Å². The van der Waals surface area contributed by atoms with E-state index < -0.39 is 5.54 Å².